The van der Waals surface area contributed by atoms with Gasteiger partial charge in [-0.15, -0.1) is 0 Å². The van der Waals surface area contributed by atoms with E-state index in [1.807, 2.05) is 6.08 Å². The van der Waals surface area contributed by atoms with Crippen LogP contribution >= 0.6 is 0 Å². The van der Waals surface area contributed by atoms with Crippen LogP contribution in [0.4, 0.5) is 0 Å². The zero-order chi connectivity index (χ0) is 17.8. The predicted octanol–water partition coefficient (Wildman–Crippen LogP) is 6.35. The molecule has 0 amide bonds. The van der Waals surface area contributed by atoms with Gasteiger partial charge in [-0.25, -0.2) is 0 Å². The Morgan fingerprint density at radius 3 is 2.64 bits per heavy atom. The molecule has 0 aliphatic heterocycles. The van der Waals surface area contributed by atoms with Crippen molar-refractivity contribution in [2.75, 3.05) is 0 Å². The highest BCUT2D eigenvalue weighted by Crippen LogP contribution is 2.67. The van der Waals surface area contributed by atoms with Gasteiger partial charge in [0.25, 0.3) is 0 Å². The zero-order valence-corrected chi connectivity index (χ0v) is 16.7. The number of hydrogen-bond donors (Lipinski definition) is 0. The summed E-state index contributed by atoms with van der Waals surface area (Å²) in [7, 11) is 0. The van der Waals surface area contributed by atoms with Crippen molar-refractivity contribution in [3.63, 3.8) is 0 Å². The molecule has 4 rings (SSSR count). The molecule has 0 heterocycles. The van der Waals surface area contributed by atoms with Crippen molar-refractivity contribution in [1.29, 1.82) is 0 Å². The fraction of sp³-hybridized carbons (Fsp3) is 0.792. The lowest BCUT2D eigenvalue weighted by atomic mass is 9.46. The van der Waals surface area contributed by atoms with E-state index in [1.54, 1.807) is 0 Å². The topological polar surface area (TPSA) is 17.1 Å². The maximum absolute atomic E-state index is 12.0. The average Bonchev–Trinajstić information content (AvgIpc) is 2.93. The second kappa shape index (κ2) is 6.10. The molecule has 25 heavy (non-hydrogen) atoms. The van der Waals surface area contributed by atoms with E-state index in [0.29, 0.717) is 16.6 Å². The van der Waals surface area contributed by atoms with Crippen molar-refractivity contribution in [3.8, 4) is 0 Å². The summed E-state index contributed by atoms with van der Waals surface area (Å²) in [5.74, 6) is 4.62. The number of rotatable bonds is 2. The minimum atomic E-state index is 0.325. The Balaban J connectivity index is 1.62. The zero-order valence-electron chi connectivity index (χ0n) is 16.7. The van der Waals surface area contributed by atoms with Gasteiger partial charge in [-0.2, -0.15) is 0 Å². The summed E-state index contributed by atoms with van der Waals surface area (Å²) in [6, 6.07) is 0. The Morgan fingerprint density at radius 2 is 1.88 bits per heavy atom. The molecule has 1 heteroatoms. The molecule has 3 unspecified atom stereocenters. The second-order valence-electron chi connectivity index (χ2n) is 10.1. The van der Waals surface area contributed by atoms with Gasteiger partial charge in [0.2, 0.25) is 0 Å². The Kier molecular flexibility index (Phi) is 4.28. The number of carbonyl (C=O) groups is 1. The van der Waals surface area contributed by atoms with Crippen molar-refractivity contribution in [2.24, 2.45) is 40.4 Å². The normalized spacial score (nSPS) is 47.8. The summed E-state index contributed by atoms with van der Waals surface area (Å²) >= 11 is 0. The van der Waals surface area contributed by atoms with Gasteiger partial charge in [0.05, 0.1) is 0 Å². The molecule has 1 nitrogen and oxygen atoms in total. The van der Waals surface area contributed by atoms with Gasteiger partial charge in [0.15, 0.2) is 5.78 Å². The third-order valence-corrected chi connectivity index (χ3v) is 9.17. The molecule has 0 aromatic rings. The smallest absolute Gasteiger partial charge is 0.155 e. The van der Waals surface area contributed by atoms with E-state index in [4.69, 9.17) is 0 Å². The summed E-state index contributed by atoms with van der Waals surface area (Å²) in [4.78, 5) is 12.0. The van der Waals surface area contributed by atoms with Crippen LogP contribution in [0, 0.1) is 40.4 Å². The van der Waals surface area contributed by atoms with Crippen molar-refractivity contribution in [1.82, 2.24) is 0 Å². The predicted molar refractivity (Wildman–Crippen MR) is 104 cm³/mol. The SMILES string of the molecule is CC=C[C@H](C)[C@H]1CCC2C3CCC4=CC(=O)CC[C@]4(C)C3CC[C@@]21C. The van der Waals surface area contributed by atoms with Crippen LogP contribution in [0.5, 0.6) is 0 Å². The van der Waals surface area contributed by atoms with Crippen molar-refractivity contribution >= 4 is 5.78 Å². The summed E-state index contributed by atoms with van der Waals surface area (Å²) in [6.45, 7) is 9.74. The second-order valence-corrected chi connectivity index (χ2v) is 10.1. The molecule has 0 spiro atoms. The van der Waals surface area contributed by atoms with Crippen LogP contribution < -0.4 is 0 Å². The molecular formula is C24H36O. The quantitative estimate of drug-likeness (QED) is 0.535. The number of hydrogen-bond acceptors (Lipinski definition) is 1. The minimum Gasteiger partial charge on any atom is -0.295 e. The van der Waals surface area contributed by atoms with Crippen LogP contribution in [0.3, 0.4) is 0 Å². The maximum atomic E-state index is 12.0. The van der Waals surface area contributed by atoms with Crippen LogP contribution in [0.2, 0.25) is 0 Å². The van der Waals surface area contributed by atoms with Crippen LogP contribution in [0.1, 0.15) is 79.1 Å². The van der Waals surface area contributed by atoms with E-state index in [9.17, 15) is 4.79 Å². The summed E-state index contributed by atoms with van der Waals surface area (Å²) in [5.41, 5.74) is 2.37. The van der Waals surface area contributed by atoms with Gasteiger partial charge in [-0.1, -0.05) is 38.5 Å². The molecule has 4 aliphatic rings. The first-order chi connectivity index (χ1) is 11.9. The number of fused-ring (bicyclic) bond motifs is 5. The van der Waals surface area contributed by atoms with E-state index in [0.717, 1.165) is 42.4 Å². The number of carbonyl (C=O) groups excluding carboxylic acids is 1. The van der Waals surface area contributed by atoms with Gasteiger partial charge in [-0.05, 0) is 98.4 Å². The largest absolute Gasteiger partial charge is 0.295 e. The highest BCUT2D eigenvalue weighted by atomic mass is 16.1. The van der Waals surface area contributed by atoms with E-state index < -0.39 is 0 Å². The fourth-order valence-electron chi connectivity index (χ4n) is 7.90. The monoisotopic (exact) mass is 340 g/mol. The van der Waals surface area contributed by atoms with Crippen molar-refractivity contribution in [3.05, 3.63) is 23.8 Å². The highest BCUT2D eigenvalue weighted by Gasteiger charge is 2.59. The number of ketones is 1. The summed E-state index contributed by atoms with van der Waals surface area (Å²) in [6.07, 6.45) is 16.8. The van der Waals surface area contributed by atoms with Crippen LogP contribution in [-0.2, 0) is 4.79 Å². The first-order valence-corrected chi connectivity index (χ1v) is 10.8. The third-order valence-electron chi connectivity index (χ3n) is 9.17. The van der Waals surface area contributed by atoms with E-state index in [2.05, 4.69) is 39.8 Å². The van der Waals surface area contributed by atoms with Gasteiger partial charge < -0.3 is 0 Å². The molecule has 0 N–H and O–H groups in total. The Labute approximate surface area is 154 Å². The maximum Gasteiger partial charge on any atom is 0.155 e. The lowest BCUT2D eigenvalue weighted by Crippen LogP contribution is -2.50. The van der Waals surface area contributed by atoms with Gasteiger partial charge in [0, 0.05) is 6.42 Å². The molecule has 4 aliphatic carbocycles. The minimum absolute atomic E-state index is 0.325. The Hall–Kier alpha value is -0.850. The van der Waals surface area contributed by atoms with E-state index in [-0.39, 0.29) is 0 Å². The van der Waals surface area contributed by atoms with E-state index in [1.165, 1.54) is 44.1 Å². The van der Waals surface area contributed by atoms with Crippen LogP contribution in [0.25, 0.3) is 0 Å². The lowest BCUT2D eigenvalue weighted by molar-refractivity contribution is -0.117. The van der Waals surface area contributed by atoms with Crippen LogP contribution in [-0.4, -0.2) is 5.78 Å². The third kappa shape index (κ3) is 2.52. The van der Waals surface area contributed by atoms with E-state index >= 15 is 0 Å². The Bertz CT molecular complexity index is 614. The summed E-state index contributed by atoms with van der Waals surface area (Å²) in [5, 5.41) is 0. The first-order valence-electron chi connectivity index (χ1n) is 10.8. The molecule has 138 valence electrons. The van der Waals surface area contributed by atoms with Crippen molar-refractivity contribution < 1.29 is 4.79 Å². The molecule has 0 saturated heterocycles. The number of allylic oxidation sites excluding steroid dienone is 3. The highest BCUT2D eigenvalue weighted by molar-refractivity contribution is 5.91. The molecule has 3 saturated carbocycles. The summed E-state index contributed by atoms with van der Waals surface area (Å²) < 4.78 is 0. The molecule has 3 fully saturated rings. The van der Waals surface area contributed by atoms with Crippen molar-refractivity contribution in [2.45, 2.75) is 79.1 Å². The standard InChI is InChI=1S/C24H36O/c1-5-6-16(2)20-9-10-21-19-8-7-17-15-18(25)11-13-23(17,3)22(19)12-14-24(20,21)4/h5-6,15-16,19-22H,7-14H2,1-4H3/t16-,19?,20+,21?,22?,23-,24+/m0/s1. The molecule has 7 atom stereocenters. The molecule has 0 radical (unpaired) electrons. The fourth-order valence-corrected chi connectivity index (χ4v) is 7.90. The molecule has 0 bridgehead atoms. The van der Waals surface area contributed by atoms with Crippen LogP contribution in [0.15, 0.2) is 23.8 Å². The average molecular weight is 341 g/mol. The Morgan fingerprint density at radius 1 is 1.08 bits per heavy atom. The first kappa shape index (κ1) is 17.6. The molecular weight excluding hydrogens is 304 g/mol. The lowest BCUT2D eigenvalue weighted by Gasteiger charge is -2.58. The molecule has 0 aromatic carbocycles. The molecule has 0 aromatic heterocycles. The van der Waals surface area contributed by atoms with Gasteiger partial charge in [-0.3, -0.25) is 4.79 Å². The van der Waals surface area contributed by atoms with Gasteiger partial charge >= 0.3 is 0 Å². The van der Waals surface area contributed by atoms with Gasteiger partial charge in [0.1, 0.15) is 0 Å².